The molecule has 0 spiro atoms. The quantitative estimate of drug-likeness (QED) is 0.726. The molecule has 0 bridgehead atoms. The lowest BCUT2D eigenvalue weighted by molar-refractivity contribution is 0.226. The van der Waals surface area contributed by atoms with Crippen LogP contribution >= 0.6 is 0 Å². The van der Waals surface area contributed by atoms with E-state index in [0.717, 1.165) is 11.1 Å². The van der Waals surface area contributed by atoms with Gasteiger partial charge in [-0.2, -0.15) is 0 Å². The second-order valence-corrected chi connectivity index (χ2v) is 5.13. The van der Waals surface area contributed by atoms with Gasteiger partial charge in [-0.1, -0.05) is 42.5 Å². The van der Waals surface area contributed by atoms with Crippen molar-refractivity contribution in [1.29, 1.82) is 0 Å². The van der Waals surface area contributed by atoms with E-state index in [0.29, 0.717) is 17.2 Å². The highest BCUT2D eigenvalue weighted by atomic mass is 16.5. The van der Waals surface area contributed by atoms with Gasteiger partial charge in [0.15, 0.2) is 11.5 Å². The minimum atomic E-state index is 0.0734. The fourth-order valence-corrected chi connectivity index (χ4v) is 2.19. The first-order chi connectivity index (χ1) is 10.7. The van der Waals surface area contributed by atoms with Crippen molar-refractivity contribution in [3.63, 3.8) is 0 Å². The third kappa shape index (κ3) is 3.82. The largest absolute Gasteiger partial charge is 0.492 e. The van der Waals surface area contributed by atoms with Crippen LogP contribution in [0, 0.1) is 0 Å². The molecule has 0 unspecified atom stereocenters. The van der Waals surface area contributed by atoms with Crippen LogP contribution in [-0.2, 0) is 0 Å². The molecule has 2 aromatic carbocycles. The zero-order chi connectivity index (χ0) is 15.9. The van der Waals surface area contributed by atoms with Crippen LogP contribution in [-0.4, -0.2) is 20.3 Å². The number of methoxy groups -OCH3 is 2. The maximum atomic E-state index is 5.77. The minimum Gasteiger partial charge on any atom is -0.492 e. The molecular formula is C19H22O3. The molecule has 0 aliphatic carbocycles. The lowest BCUT2D eigenvalue weighted by Crippen LogP contribution is -2.07. The molecule has 0 heterocycles. The number of hydrogen-bond acceptors (Lipinski definition) is 3. The van der Waals surface area contributed by atoms with E-state index in [1.165, 1.54) is 0 Å². The Morgan fingerprint density at radius 2 is 1.50 bits per heavy atom. The summed E-state index contributed by atoms with van der Waals surface area (Å²) in [4.78, 5) is 0. The Morgan fingerprint density at radius 3 is 2.09 bits per heavy atom. The van der Waals surface area contributed by atoms with E-state index < -0.39 is 0 Å². The standard InChI is InChI=1S/C19H22O3/c1-14(2)22-17-13-12-16(18(20-3)19(17)21-4)11-10-15-8-6-5-7-9-15/h5-14H,1-4H3. The summed E-state index contributed by atoms with van der Waals surface area (Å²) >= 11 is 0. The topological polar surface area (TPSA) is 27.7 Å². The van der Waals surface area contributed by atoms with Crippen molar-refractivity contribution in [2.24, 2.45) is 0 Å². The molecule has 22 heavy (non-hydrogen) atoms. The van der Waals surface area contributed by atoms with Crippen LogP contribution in [0.1, 0.15) is 25.0 Å². The molecule has 0 N–H and O–H groups in total. The van der Waals surface area contributed by atoms with Crippen molar-refractivity contribution in [3.8, 4) is 17.2 Å². The second-order valence-electron chi connectivity index (χ2n) is 5.13. The Bertz CT molecular complexity index is 631. The summed E-state index contributed by atoms with van der Waals surface area (Å²) in [6.45, 7) is 3.96. The molecule has 116 valence electrons. The van der Waals surface area contributed by atoms with Crippen molar-refractivity contribution < 1.29 is 14.2 Å². The van der Waals surface area contributed by atoms with Crippen molar-refractivity contribution in [2.45, 2.75) is 20.0 Å². The Labute approximate surface area is 132 Å². The highest BCUT2D eigenvalue weighted by Gasteiger charge is 2.15. The summed E-state index contributed by atoms with van der Waals surface area (Å²) in [6, 6.07) is 14.0. The summed E-state index contributed by atoms with van der Waals surface area (Å²) in [7, 11) is 3.26. The Hall–Kier alpha value is -2.42. The average molecular weight is 298 g/mol. The highest BCUT2D eigenvalue weighted by Crippen LogP contribution is 2.41. The van der Waals surface area contributed by atoms with Gasteiger partial charge in [0, 0.05) is 5.56 Å². The fraction of sp³-hybridized carbons (Fsp3) is 0.263. The monoisotopic (exact) mass is 298 g/mol. The molecule has 3 nitrogen and oxygen atoms in total. The van der Waals surface area contributed by atoms with E-state index in [2.05, 4.69) is 12.1 Å². The van der Waals surface area contributed by atoms with Crippen molar-refractivity contribution in [3.05, 3.63) is 53.6 Å². The molecule has 2 aromatic rings. The lowest BCUT2D eigenvalue weighted by Gasteiger charge is -2.17. The van der Waals surface area contributed by atoms with Crippen LogP contribution < -0.4 is 14.2 Å². The predicted octanol–water partition coefficient (Wildman–Crippen LogP) is 4.66. The van der Waals surface area contributed by atoms with Gasteiger partial charge in [0.2, 0.25) is 5.75 Å². The first-order valence-electron chi connectivity index (χ1n) is 7.30. The minimum absolute atomic E-state index is 0.0734. The molecule has 0 aliphatic rings. The molecule has 0 amide bonds. The van der Waals surface area contributed by atoms with Gasteiger partial charge in [-0.25, -0.2) is 0 Å². The summed E-state index contributed by atoms with van der Waals surface area (Å²) in [5.74, 6) is 1.98. The summed E-state index contributed by atoms with van der Waals surface area (Å²) in [5, 5.41) is 0. The van der Waals surface area contributed by atoms with Gasteiger partial charge in [-0.15, -0.1) is 0 Å². The SMILES string of the molecule is COc1c(C=Cc2ccccc2)ccc(OC(C)C)c1OC. The third-order valence-electron chi connectivity index (χ3n) is 3.13. The molecular weight excluding hydrogens is 276 g/mol. The number of rotatable bonds is 6. The summed E-state index contributed by atoms with van der Waals surface area (Å²) < 4.78 is 16.8. The smallest absolute Gasteiger partial charge is 0.203 e. The molecule has 0 radical (unpaired) electrons. The molecule has 0 saturated carbocycles. The van der Waals surface area contributed by atoms with E-state index in [-0.39, 0.29) is 6.10 Å². The van der Waals surface area contributed by atoms with E-state index in [9.17, 15) is 0 Å². The number of benzene rings is 2. The van der Waals surface area contributed by atoms with Crippen LogP contribution in [0.5, 0.6) is 17.2 Å². The van der Waals surface area contributed by atoms with Crippen molar-refractivity contribution >= 4 is 12.2 Å². The molecule has 0 atom stereocenters. The third-order valence-corrected chi connectivity index (χ3v) is 3.13. The highest BCUT2D eigenvalue weighted by molar-refractivity contribution is 5.75. The molecule has 0 aromatic heterocycles. The lowest BCUT2D eigenvalue weighted by atomic mass is 10.1. The molecule has 0 fully saturated rings. The van der Waals surface area contributed by atoms with Gasteiger partial charge >= 0.3 is 0 Å². The number of ether oxygens (including phenoxy) is 3. The normalized spacial score (nSPS) is 11.0. The van der Waals surface area contributed by atoms with Crippen molar-refractivity contribution in [1.82, 2.24) is 0 Å². The first kappa shape index (κ1) is 16.0. The van der Waals surface area contributed by atoms with Crippen LogP contribution in [0.25, 0.3) is 12.2 Å². The van der Waals surface area contributed by atoms with Gasteiger partial charge in [-0.05, 0) is 31.5 Å². The zero-order valence-corrected chi connectivity index (χ0v) is 13.5. The van der Waals surface area contributed by atoms with E-state index in [4.69, 9.17) is 14.2 Å². The average Bonchev–Trinajstić information content (AvgIpc) is 2.53. The predicted molar refractivity (Wildman–Crippen MR) is 90.7 cm³/mol. The fourth-order valence-electron chi connectivity index (χ4n) is 2.19. The van der Waals surface area contributed by atoms with Crippen LogP contribution in [0.15, 0.2) is 42.5 Å². The van der Waals surface area contributed by atoms with Gasteiger partial charge in [0.25, 0.3) is 0 Å². The molecule has 2 rings (SSSR count). The second kappa shape index (κ2) is 7.55. The van der Waals surface area contributed by atoms with Gasteiger partial charge < -0.3 is 14.2 Å². The summed E-state index contributed by atoms with van der Waals surface area (Å²) in [5.41, 5.74) is 2.07. The van der Waals surface area contributed by atoms with E-state index in [1.54, 1.807) is 14.2 Å². The van der Waals surface area contributed by atoms with Gasteiger partial charge in [0.05, 0.1) is 20.3 Å². The van der Waals surface area contributed by atoms with E-state index >= 15 is 0 Å². The van der Waals surface area contributed by atoms with Gasteiger partial charge in [-0.3, -0.25) is 0 Å². The van der Waals surface area contributed by atoms with Crippen LogP contribution in [0.3, 0.4) is 0 Å². The molecule has 0 aliphatic heterocycles. The molecule has 3 heteroatoms. The van der Waals surface area contributed by atoms with Crippen LogP contribution in [0.4, 0.5) is 0 Å². The van der Waals surface area contributed by atoms with E-state index in [1.807, 2.05) is 56.3 Å². The Morgan fingerprint density at radius 1 is 0.818 bits per heavy atom. The first-order valence-corrected chi connectivity index (χ1v) is 7.30. The van der Waals surface area contributed by atoms with Crippen molar-refractivity contribution in [2.75, 3.05) is 14.2 Å². The van der Waals surface area contributed by atoms with Crippen LogP contribution in [0.2, 0.25) is 0 Å². The maximum Gasteiger partial charge on any atom is 0.203 e. The zero-order valence-electron chi connectivity index (χ0n) is 13.5. The van der Waals surface area contributed by atoms with Gasteiger partial charge in [0.1, 0.15) is 0 Å². The maximum absolute atomic E-state index is 5.77. The Kier molecular flexibility index (Phi) is 5.48. The number of hydrogen-bond donors (Lipinski definition) is 0. The molecule has 0 saturated heterocycles. The Balaban J connectivity index is 2.38. The summed E-state index contributed by atoms with van der Waals surface area (Å²) in [6.07, 6.45) is 4.13.